The van der Waals surface area contributed by atoms with Crippen LogP contribution < -0.4 is 10.2 Å². The number of nitrogens with one attached hydrogen (secondary N) is 1. The van der Waals surface area contributed by atoms with Crippen molar-refractivity contribution in [2.24, 2.45) is 0 Å². The minimum absolute atomic E-state index is 0.0427. The minimum atomic E-state index is -0.157. The van der Waals surface area contributed by atoms with E-state index in [4.69, 9.17) is 0 Å². The van der Waals surface area contributed by atoms with Gasteiger partial charge in [0, 0.05) is 24.0 Å². The van der Waals surface area contributed by atoms with Crippen LogP contribution in [-0.2, 0) is 11.3 Å². The first-order chi connectivity index (χ1) is 13.1. The molecule has 136 valence electrons. The summed E-state index contributed by atoms with van der Waals surface area (Å²) in [5.41, 5.74) is 3.35. The van der Waals surface area contributed by atoms with Gasteiger partial charge >= 0.3 is 4.87 Å². The molecule has 27 heavy (non-hydrogen) atoms. The Morgan fingerprint density at radius 3 is 2.78 bits per heavy atom. The van der Waals surface area contributed by atoms with E-state index in [0.717, 1.165) is 33.9 Å². The van der Waals surface area contributed by atoms with Crippen LogP contribution in [0.1, 0.15) is 12.1 Å². The summed E-state index contributed by atoms with van der Waals surface area (Å²) in [5, 5.41) is 4.61. The lowest BCUT2D eigenvalue weighted by atomic mass is 10.3. The number of rotatable bonds is 5. The molecule has 0 saturated heterocycles. The first-order valence-corrected chi connectivity index (χ1v) is 9.33. The molecule has 3 aromatic heterocycles. The number of benzene rings is 1. The van der Waals surface area contributed by atoms with Crippen LogP contribution in [0.15, 0.2) is 59.1 Å². The maximum Gasteiger partial charge on any atom is 0.307 e. The van der Waals surface area contributed by atoms with Crippen molar-refractivity contribution in [1.29, 1.82) is 0 Å². The summed E-state index contributed by atoms with van der Waals surface area (Å²) in [6.07, 6.45) is 3.57. The van der Waals surface area contributed by atoms with E-state index in [2.05, 4.69) is 15.3 Å². The van der Waals surface area contributed by atoms with Crippen molar-refractivity contribution in [2.75, 3.05) is 5.32 Å². The highest BCUT2D eigenvalue weighted by Gasteiger charge is 2.08. The van der Waals surface area contributed by atoms with Gasteiger partial charge < -0.3 is 9.88 Å². The quantitative estimate of drug-likeness (QED) is 0.578. The van der Waals surface area contributed by atoms with Gasteiger partial charge in [0.2, 0.25) is 5.91 Å². The number of hydrogen-bond donors (Lipinski definition) is 1. The van der Waals surface area contributed by atoms with Gasteiger partial charge in [0.05, 0.1) is 22.9 Å². The highest BCUT2D eigenvalue weighted by Crippen LogP contribution is 2.17. The summed E-state index contributed by atoms with van der Waals surface area (Å²) in [6, 6.07) is 11.5. The van der Waals surface area contributed by atoms with E-state index in [1.165, 1.54) is 0 Å². The van der Waals surface area contributed by atoms with Crippen molar-refractivity contribution in [3.05, 3.63) is 69.7 Å². The Balaban J connectivity index is 1.43. The number of anilines is 1. The molecule has 0 bridgehead atoms. The number of imidazole rings is 1. The number of thiazole rings is 1. The Kier molecular flexibility index (Phi) is 4.55. The molecule has 0 spiro atoms. The third-order valence-corrected chi connectivity index (χ3v) is 5.15. The van der Waals surface area contributed by atoms with Crippen LogP contribution in [0.25, 0.3) is 16.9 Å². The van der Waals surface area contributed by atoms with Crippen molar-refractivity contribution in [2.45, 2.75) is 19.9 Å². The van der Waals surface area contributed by atoms with Crippen molar-refractivity contribution in [1.82, 2.24) is 19.1 Å². The van der Waals surface area contributed by atoms with Crippen LogP contribution in [0.2, 0.25) is 0 Å². The van der Waals surface area contributed by atoms with Gasteiger partial charge in [0.25, 0.3) is 0 Å². The third kappa shape index (κ3) is 3.52. The second kappa shape index (κ2) is 7.16. The lowest BCUT2D eigenvalue weighted by Crippen LogP contribution is -2.20. The van der Waals surface area contributed by atoms with Gasteiger partial charge in [-0.2, -0.15) is 0 Å². The van der Waals surface area contributed by atoms with Crippen LogP contribution in [0.5, 0.6) is 0 Å². The number of fused-ring (bicyclic) bond motifs is 1. The molecule has 8 heteroatoms. The Bertz CT molecular complexity index is 1160. The fourth-order valence-electron chi connectivity index (χ4n) is 2.86. The van der Waals surface area contributed by atoms with Crippen LogP contribution in [0.4, 0.5) is 5.69 Å². The molecule has 3 heterocycles. The fraction of sp³-hybridized carbons (Fsp3) is 0.158. The first kappa shape index (κ1) is 17.2. The first-order valence-electron chi connectivity index (χ1n) is 8.45. The van der Waals surface area contributed by atoms with Gasteiger partial charge in [-0.25, -0.2) is 9.97 Å². The second-order valence-corrected chi connectivity index (χ2v) is 6.92. The summed E-state index contributed by atoms with van der Waals surface area (Å²) in [7, 11) is 0. The van der Waals surface area contributed by atoms with E-state index in [1.807, 2.05) is 41.8 Å². The minimum Gasteiger partial charge on any atom is -0.325 e. The van der Waals surface area contributed by atoms with Crippen molar-refractivity contribution >= 4 is 34.0 Å². The number of aromatic nitrogens is 4. The average molecular weight is 379 g/mol. The SMILES string of the molecule is Cc1csc(=O)n1CCC(=O)Nc1ccc(-n2cnc3ccccc32)nc1. The number of pyridine rings is 1. The van der Waals surface area contributed by atoms with Crippen molar-refractivity contribution < 1.29 is 4.79 Å². The monoisotopic (exact) mass is 379 g/mol. The van der Waals surface area contributed by atoms with Gasteiger partial charge in [-0.3, -0.25) is 14.2 Å². The molecular weight excluding hydrogens is 362 g/mol. The second-order valence-electron chi connectivity index (χ2n) is 6.10. The molecular formula is C19H17N5O2S. The van der Waals surface area contributed by atoms with E-state index in [-0.39, 0.29) is 17.2 Å². The smallest absolute Gasteiger partial charge is 0.307 e. The number of carbonyl (C=O) groups excluding carboxylic acids is 1. The maximum atomic E-state index is 12.2. The highest BCUT2D eigenvalue weighted by molar-refractivity contribution is 7.07. The van der Waals surface area contributed by atoms with E-state index < -0.39 is 0 Å². The Labute approximate surface area is 158 Å². The molecule has 0 aliphatic rings. The van der Waals surface area contributed by atoms with E-state index in [9.17, 15) is 9.59 Å². The normalized spacial score (nSPS) is 11.0. The average Bonchev–Trinajstić information content (AvgIpc) is 3.24. The van der Waals surface area contributed by atoms with Gasteiger partial charge in [-0.1, -0.05) is 23.5 Å². The van der Waals surface area contributed by atoms with Crippen molar-refractivity contribution in [3.63, 3.8) is 0 Å². The summed E-state index contributed by atoms with van der Waals surface area (Å²) in [6.45, 7) is 2.23. The predicted molar refractivity (Wildman–Crippen MR) is 105 cm³/mol. The predicted octanol–water partition coefficient (Wildman–Crippen LogP) is 2.98. The van der Waals surface area contributed by atoms with E-state index in [1.54, 1.807) is 28.5 Å². The zero-order valence-corrected chi connectivity index (χ0v) is 15.4. The summed E-state index contributed by atoms with van der Waals surface area (Å²) in [5.74, 6) is 0.567. The fourth-order valence-corrected chi connectivity index (χ4v) is 3.62. The van der Waals surface area contributed by atoms with Gasteiger partial charge in [0.15, 0.2) is 0 Å². The molecule has 1 amide bonds. The van der Waals surface area contributed by atoms with E-state index >= 15 is 0 Å². The Morgan fingerprint density at radius 1 is 1.19 bits per heavy atom. The lowest BCUT2D eigenvalue weighted by molar-refractivity contribution is -0.116. The van der Waals surface area contributed by atoms with Gasteiger partial charge in [-0.15, -0.1) is 0 Å². The number of amides is 1. The number of carbonyl (C=O) groups is 1. The molecule has 1 aromatic carbocycles. The number of para-hydroxylation sites is 2. The lowest BCUT2D eigenvalue weighted by Gasteiger charge is -2.08. The topological polar surface area (TPSA) is 81.8 Å². The summed E-state index contributed by atoms with van der Waals surface area (Å²) in [4.78, 5) is 32.6. The zero-order chi connectivity index (χ0) is 18.8. The van der Waals surface area contributed by atoms with Gasteiger partial charge in [-0.05, 0) is 31.2 Å². The number of aryl methyl sites for hydroxylation is 1. The molecule has 0 saturated carbocycles. The molecule has 7 nitrogen and oxygen atoms in total. The molecule has 0 fully saturated rings. The zero-order valence-electron chi connectivity index (χ0n) is 14.6. The van der Waals surface area contributed by atoms with Crippen LogP contribution >= 0.6 is 11.3 Å². The molecule has 4 aromatic rings. The molecule has 0 aliphatic heterocycles. The molecule has 0 unspecified atom stereocenters. The van der Waals surface area contributed by atoms with E-state index in [0.29, 0.717) is 12.2 Å². The molecule has 4 rings (SSSR count). The molecule has 0 radical (unpaired) electrons. The van der Waals surface area contributed by atoms with Crippen LogP contribution in [0, 0.1) is 6.92 Å². The largest absolute Gasteiger partial charge is 0.325 e. The number of hydrogen-bond acceptors (Lipinski definition) is 5. The van der Waals surface area contributed by atoms with Crippen molar-refractivity contribution in [3.8, 4) is 5.82 Å². The Hall–Kier alpha value is -3.26. The maximum absolute atomic E-state index is 12.2. The molecule has 0 atom stereocenters. The summed E-state index contributed by atoms with van der Waals surface area (Å²) < 4.78 is 3.50. The van der Waals surface area contributed by atoms with Gasteiger partial charge in [0.1, 0.15) is 12.1 Å². The van der Waals surface area contributed by atoms with Crippen LogP contribution in [-0.4, -0.2) is 25.0 Å². The van der Waals surface area contributed by atoms with Crippen LogP contribution in [0.3, 0.4) is 0 Å². The Morgan fingerprint density at radius 2 is 2.04 bits per heavy atom. The highest BCUT2D eigenvalue weighted by atomic mass is 32.1. The standard InChI is InChI=1S/C19H17N5O2S/c1-13-11-27-19(26)23(13)9-8-18(25)22-14-6-7-17(20-10-14)24-12-21-15-4-2-3-5-16(15)24/h2-7,10-12H,8-9H2,1H3,(H,22,25). The number of nitrogens with zero attached hydrogens (tertiary/aromatic N) is 4. The molecule has 1 N–H and O–H groups in total. The third-order valence-electron chi connectivity index (χ3n) is 4.27. The molecule has 0 aliphatic carbocycles. The summed E-state index contributed by atoms with van der Waals surface area (Å²) >= 11 is 1.15.